The molecule has 9 rings (SSSR count). The van der Waals surface area contributed by atoms with Crippen LogP contribution in [0, 0.1) is 0 Å². The zero-order valence-corrected chi connectivity index (χ0v) is 25.7. The van der Waals surface area contributed by atoms with Gasteiger partial charge in [0.05, 0.1) is 28.7 Å². The Hall–Kier alpha value is -5.39. The highest BCUT2D eigenvalue weighted by atomic mass is 32.2. The number of rotatable bonds is 5. The van der Waals surface area contributed by atoms with Crippen LogP contribution in [0.15, 0.2) is 162 Å². The molecule has 0 saturated carbocycles. The van der Waals surface area contributed by atoms with Crippen molar-refractivity contribution < 1.29 is 0 Å². The smallest absolute Gasteiger partial charge is 0.0938 e. The van der Waals surface area contributed by atoms with Crippen LogP contribution in [-0.2, 0) is 0 Å². The van der Waals surface area contributed by atoms with Crippen molar-refractivity contribution in [3.63, 3.8) is 0 Å². The molecular formula is C40H30N4S. The zero-order valence-electron chi connectivity index (χ0n) is 24.8. The van der Waals surface area contributed by atoms with E-state index in [1.807, 2.05) is 11.8 Å². The lowest BCUT2D eigenvalue weighted by Gasteiger charge is -2.18. The maximum absolute atomic E-state index is 2.47. The average molecular weight is 599 g/mol. The zero-order chi connectivity index (χ0) is 29.9. The molecule has 2 aromatic heterocycles. The molecule has 0 saturated heterocycles. The molecule has 0 spiro atoms. The summed E-state index contributed by atoms with van der Waals surface area (Å²) < 4.78 is 4.87. The summed E-state index contributed by atoms with van der Waals surface area (Å²) in [5.74, 6) is 0. The molecular weight excluding hydrogens is 569 g/mol. The molecule has 5 heteroatoms. The van der Waals surface area contributed by atoms with Crippen LogP contribution in [0.2, 0.25) is 0 Å². The Morgan fingerprint density at radius 1 is 0.489 bits per heavy atom. The number of nitrogens with zero attached hydrogens (tertiary/aromatic N) is 4. The second kappa shape index (κ2) is 10.4. The first kappa shape index (κ1) is 26.1. The van der Waals surface area contributed by atoms with Crippen molar-refractivity contribution in [2.75, 3.05) is 18.6 Å². The average Bonchev–Trinajstić information content (AvgIpc) is 3.77. The molecule has 0 atom stereocenters. The van der Waals surface area contributed by atoms with Gasteiger partial charge in [0, 0.05) is 67.8 Å². The van der Waals surface area contributed by atoms with Crippen molar-refractivity contribution in [3.05, 3.63) is 152 Å². The highest BCUT2D eigenvalue weighted by Gasteiger charge is 2.21. The van der Waals surface area contributed by atoms with Gasteiger partial charge in [-0.1, -0.05) is 84.6 Å². The van der Waals surface area contributed by atoms with Gasteiger partial charge in [-0.3, -0.25) is 0 Å². The quantitative estimate of drug-likeness (QED) is 0.196. The topological polar surface area (TPSA) is 16.3 Å². The van der Waals surface area contributed by atoms with Crippen LogP contribution in [0.3, 0.4) is 0 Å². The third-order valence-corrected chi connectivity index (χ3v) is 9.80. The Morgan fingerprint density at radius 3 is 1.96 bits per heavy atom. The molecule has 0 bridgehead atoms. The molecule has 0 aliphatic carbocycles. The summed E-state index contributed by atoms with van der Waals surface area (Å²) in [5.41, 5.74) is 8.42. The van der Waals surface area contributed by atoms with Gasteiger partial charge in [-0.15, -0.1) is 0 Å². The number of hydrogen-bond donors (Lipinski definition) is 0. The number of benzene rings is 6. The second-order valence-corrected chi connectivity index (χ2v) is 12.8. The molecule has 4 nitrogen and oxygen atoms in total. The monoisotopic (exact) mass is 598 g/mol. The third-order valence-electron chi connectivity index (χ3n) is 8.83. The Morgan fingerprint density at radius 2 is 1.18 bits per heavy atom. The fraction of sp³-hybridized carbons (Fsp3) is 0.0500. The normalized spacial score (nSPS) is 13.3. The van der Waals surface area contributed by atoms with Crippen LogP contribution in [0.1, 0.15) is 0 Å². The van der Waals surface area contributed by atoms with E-state index >= 15 is 0 Å². The van der Waals surface area contributed by atoms with E-state index in [0.717, 1.165) is 12.4 Å². The van der Waals surface area contributed by atoms with Gasteiger partial charge < -0.3 is 18.9 Å². The molecule has 0 amide bonds. The summed E-state index contributed by atoms with van der Waals surface area (Å²) in [4.78, 5) is 6.91. The van der Waals surface area contributed by atoms with Crippen molar-refractivity contribution in [2.45, 2.75) is 9.79 Å². The Bertz CT molecular complexity index is 2400. The van der Waals surface area contributed by atoms with E-state index in [9.17, 15) is 0 Å². The number of aromatic nitrogens is 2. The van der Waals surface area contributed by atoms with E-state index in [1.54, 1.807) is 0 Å². The van der Waals surface area contributed by atoms with Crippen LogP contribution < -0.4 is 4.90 Å². The highest BCUT2D eigenvalue weighted by molar-refractivity contribution is 7.99. The molecule has 1 aliphatic heterocycles. The van der Waals surface area contributed by atoms with Crippen LogP contribution in [0.25, 0.3) is 55.0 Å². The van der Waals surface area contributed by atoms with E-state index in [0.29, 0.717) is 0 Å². The Balaban J connectivity index is 1.29. The lowest BCUT2D eigenvalue weighted by atomic mass is 10.1. The largest absolute Gasteiger partial charge is 0.361 e. The molecule has 216 valence electrons. The van der Waals surface area contributed by atoms with E-state index in [2.05, 4.69) is 178 Å². The predicted octanol–water partition coefficient (Wildman–Crippen LogP) is 10.2. The maximum Gasteiger partial charge on any atom is 0.0938 e. The minimum absolute atomic E-state index is 0.867. The number of hydrogen-bond acceptors (Lipinski definition) is 3. The standard InChI is InChI=1S/C40H30N4S/c1-41-23-24-42(27-41)30-15-10-16-31(25-30)45-32-19-20-33-34-21-22-37-39(40(34)44(38(33)26-32)29-13-6-3-7-14-29)35-17-8-9-18-36(35)43(37)28-11-4-2-5-12-28/h2-26H,27H2,1H3. The molecule has 0 unspecified atom stereocenters. The third kappa shape index (κ3) is 4.23. The number of para-hydroxylation sites is 3. The minimum Gasteiger partial charge on any atom is -0.361 e. The second-order valence-electron chi connectivity index (χ2n) is 11.7. The van der Waals surface area contributed by atoms with Gasteiger partial charge in [-0.2, -0.15) is 0 Å². The van der Waals surface area contributed by atoms with Crippen molar-refractivity contribution in [2.24, 2.45) is 0 Å². The summed E-state index contributed by atoms with van der Waals surface area (Å²) in [7, 11) is 2.10. The SMILES string of the molecule is CN1C=CN(c2cccc(Sc3ccc4c5ccc6c(c7ccccc7n6-c6ccccc6)c5n(-c5ccccc5)c4c3)c2)C1. The van der Waals surface area contributed by atoms with E-state index in [4.69, 9.17) is 0 Å². The highest BCUT2D eigenvalue weighted by Crippen LogP contribution is 2.43. The van der Waals surface area contributed by atoms with Gasteiger partial charge in [-0.05, 0) is 66.7 Å². The molecule has 0 radical (unpaired) electrons. The Labute approximate surface area is 266 Å². The molecule has 45 heavy (non-hydrogen) atoms. The summed E-state index contributed by atoms with van der Waals surface area (Å²) in [6, 6.07) is 50.7. The van der Waals surface area contributed by atoms with Gasteiger partial charge in [0.15, 0.2) is 0 Å². The summed E-state index contributed by atoms with van der Waals surface area (Å²) >= 11 is 1.82. The van der Waals surface area contributed by atoms with Gasteiger partial charge >= 0.3 is 0 Å². The fourth-order valence-electron chi connectivity index (χ4n) is 6.86. The molecule has 8 aromatic rings. The lowest BCUT2D eigenvalue weighted by Crippen LogP contribution is -2.21. The van der Waals surface area contributed by atoms with E-state index < -0.39 is 0 Å². The molecule has 1 aliphatic rings. The number of fused-ring (bicyclic) bond motifs is 7. The van der Waals surface area contributed by atoms with Crippen LogP contribution in [0.4, 0.5) is 5.69 Å². The van der Waals surface area contributed by atoms with Crippen molar-refractivity contribution >= 4 is 61.1 Å². The predicted molar refractivity (Wildman–Crippen MR) is 190 cm³/mol. The van der Waals surface area contributed by atoms with Crippen molar-refractivity contribution in [1.82, 2.24) is 14.0 Å². The van der Waals surface area contributed by atoms with Gasteiger partial charge in [-0.25, -0.2) is 0 Å². The lowest BCUT2D eigenvalue weighted by molar-refractivity contribution is 0.495. The molecule has 0 N–H and O–H groups in total. The van der Waals surface area contributed by atoms with Crippen LogP contribution in [0.5, 0.6) is 0 Å². The fourth-order valence-corrected chi connectivity index (χ4v) is 7.76. The summed E-state index contributed by atoms with van der Waals surface area (Å²) in [6.45, 7) is 0.867. The molecule has 0 fully saturated rings. The van der Waals surface area contributed by atoms with Gasteiger partial charge in [0.25, 0.3) is 0 Å². The Kier molecular flexibility index (Phi) is 6.00. The van der Waals surface area contributed by atoms with Crippen LogP contribution >= 0.6 is 11.8 Å². The first-order chi connectivity index (χ1) is 22.2. The minimum atomic E-state index is 0.867. The number of anilines is 1. The van der Waals surface area contributed by atoms with Crippen molar-refractivity contribution in [3.8, 4) is 11.4 Å². The molecule has 6 aromatic carbocycles. The first-order valence-corrected chi connectivity index (χ1v) is 16.1. The van der Waals surface area contributed by atoms with Gasteiger partial charge in [0.2, 0.25) is 0 Å². The summed E-state index contributed by atoms with van der Waals surface area (Å²) in [6.07, 6.45) is 4.26. The van der Waals surface area contributed by atoms with E-state index in [-0.39, 0.29) is 0 Å². The maximum atomic E-state index is 2.47. The van der Waals surface area contributed by atoms with E-state index in [1.165, 1.54) is 64.8 Å². The van der Waals surface area contributed by atoms with Gasteiger partial charge in [0.1, 0.15) is 0 Å². The van der Waals surface area contributed by atoms with Crippen LogP contribution in [-0.4, -0.2) is 27.8 Å². The first-order valence-electron chi connectivity index (χ1n) is 15.3. The summed E-state index contributed by atoms with van der Waals surface area (Å²) in [5, 5.41) is 5.06. The van der Waals surface area contributed by atoms with Crippen molar-refractivity contribution in [1.29, 1.82) is 0 Å². The molecule has 3 heterocycles.